The van der Waals surface area contributed by atoms with Crippen LogP contribution in [0.15, 0.2) is 53.4 Å². The molecule has 2 aromatic rings. The second kappa shape index (κ2) is 10.5. The number of sulfonamides is 1. The van der Waals surface area contributed by atoms with Crippen LogP contribution in [0, 0.1) is 19.8 Å². The Hall–Kier alpha value is -2.71. The van der Waals surface area contributed by atoms with Gasteiger partial charge in [0.1, 0.15) is 6.04 Å². The minimum absolute atomic E-state index is 0.109. The Balaban J connectivity index is 1.70. The van der Waals surface area contributed by atoms with Gasteiger partial charge in [-0.2, -0.15) is 4.31 Å². The lowest BCUT2D eigenvalue weighted by Gasteiger charge is -2.29. The van der Waals surface area contributed by atoms with Crippen molar-refractivity contribution in [2.75, 3.05) is 26.2 Å². The summed E-state index contributed by atoms with van der Waals surface area (Å²) in [7, 11) is -3.62. The van der Waals surface area contributed by atoms with E-state index in [1.54, 1.807) is 41.3 Å². The second-order valence-electron chi connectivity index (χ2n) is 8.96. The third-order valence-corrected chi connectivity index (χ3v) is 7.84. The van der Waals surface area contributed by atoms with E-state index in [1.807, 2.05) is 39.8 Å². The predicted octanol–water partition coefficient (Wildman–Crippen LogP) is 2.98. The minimum atomic E-state index is -3.62. The summed E-state index contributed by atoms with van der Waals surface area (Å²) in [6.45, 7) is 8.91. The van der Waals surface area contributed by atoms with Crippen LogP contribution in [-0.2, 0) is 14.8 Å². The average Bonchev–Trinajstić information content (AvgIpc) is 3.04. The third kappa shape index (κ3) is 6.00. The number of amides is 2. The molecule has 2 aromatic carbocycles. The van der Waals surface area contributed by atoms with Gasteiger partial charge in [-0.15, -0.1) is 0 Å². The van der Waals surface area contributed by atoms with Gasteiger partial charge in [0.25, 0.3) is 5.91 Å². The van der Waals surface area contributed by atoms with Crippen molar-refractivity contribution in [2.24, 2.45) is 5.92 Å². The highest BCUT2D eigenvalue weighted by Crippen LogP contribution is 2.19. The summed E-state index contributed by atoms with van der Waals surface area (Å²) >= 11 is 0. The molecule has 0 aromatic heterocycles. The van der Waals surface area contributed by atoms with E-state index in [-0.39, 0.29) is 35.7 Å². The Bertz CT molecular complexity index is 1100. The van der Waals surface area contributed by atoms with Gasteiger partial charge in [0.15, 0.2) is 0 Å². The van der Waals surface area contributed by atoms with E-state index in [0.717, 1.165) is 11.1 Å². The molecule has 178 valence electrons. The first-order valence-electron chi connectivity index (χ1n) is 11.3. The Morgan fingerprint density at radius 3 is 2.24 bits per heavy atom. The molecule has 1 saturated heterocycles. The number of nitrogens with zero attached hydrogens (tertiary/aromatic N) is 2. The highest BCUT2D eigenvalue weighted by atomic mass is 32.2. The van der Waals surface area contributed by atoms with Gasteiger partial charge in [0.05, 0.1) is 4.90 Å². The molecule has 1 aliphatic heterocycles. The van der Waals surface area contributed by atoms with Crippen LogP contribution >= 0.6 is 0 Å². The summed E-state index contributed by atoms with van der Waals surface area (Å²) in [6, 6.07) is 13.4. The van der Waals surface area contributed by atoms with Gasteiger partial charge in [-0.05, 0) is 50.5 Å². The minimum Gasteiger partial charge on any atom is -0.340 e. The smallest absolute Gasteiger partial charge is 0.251 e. The lowest BCUT2D eigenvalue weighted by Crippen LogP contribution is -2.52. The zero-order valence-electron chi connectivity index (χ0n) is 19.7. The van der Waals surface area contributed by atoms with E-state index in [0.29, 0.717) is 25.1 Å². The van der Waals surface area contributed by atoms with Crippen LogP contribution in [0.3, 0.4) is 0 Å². The second-order valence-corrected chi connectivity index (χ2v) is 10.9. The monoisotopic (exact) mass is 471 g/mol. The molecule has 0 spiro atoms. The van der Waals surface area contributed by atoms with Crippen molar-refractivity contribution >= 4 is 21.8 Å². The molecule has 1 aliphatic rings. The maximum atomic E-state index is 13.3. The Morgan fingerprint density at radius 1 is 0.909 bits per heavy atom. The first kappa shape index (κ1) is 24.9. The summed E-state index contributed by atoms with van der Waals surface area (Å²) in [5.74, 6) is -0.577. The molecule has 2 amide bonds. The maximum Gasteiger partial charge on any atom is 0.251 e. The molecular weight excluding hydrogens is 438 g/mol. The molecule has 0 aliphatic carbocycles. The van der Waals surface area contributed by atoms with Crippen LogP contribution in [0.1, 0.15) is 41.8 Å². The van der Waals surface area contributed by atoms with E-state index in [1.165, 1.54) is 4.31 Å². The van der Waals surface area contributed by atoms with Crippen molar-refractivity contribution in [3.63, 3.8) is 0 Å². The van der Waals surface area contributed by atoms with Crippen LogP contribution in [0.5, 0.6) is 0 Å². The van der Waals surface area contributed by atoms with Crippen LogP contribution in [0.2, 0.25) is 0 Å². The SMILES string of the molecule is Cc1ccc(S(=O)(=O)N2CCCN(C(=O)C(NC(=O)c3cccc(C)c3)C(C)C)CC2)cc1. The van der Waals surface area contributed by atoms with Gasteiger partial charge in [-0.1, -0.05) is 49.2 Å². The van der Waals surface area contributed by atoms with Crippen molar-refractivity contribution in [1.29, 1.82) is 0 Å². The van der Waals surface area contributed by atoms with Crippen LogP contribution in [-0.4, -0.2) is 61.7 Å². The third-order valence-electron chi connectivity index (χ3n) is 5.92. The molecule has 1 heterocycles. The summed E-state index contributed by atoms with van der Waals surface area (Å²) < 4.78 is 27.6. The largest absolute Gasteiger partial charge is 0.340 e. The van der Waals surface area contributed by atoms with Crippen molar-refractivity contribution in [3.8, 4) is 0 Å². The normalized spacial score (nSPS) is 16.3. The van der Waals surface area contributed by atoms with Gasteiger partial charge in [-0.25, -0.2) is 8.42 Å². The van der Waals surface area contributed by atoms with Gasteiger partial charge in [-0.3, -0.25) is 9.59 Å². The topological polar surface area (TPSA) is 86.8 Å². The van der Waals surface area contributed by atoms with Gasteiger partial charge >= 0.3 is 0 Å². The van der Waals surface area contributed by atoms with Crippen molar-refractivity contribution < 1.29 is 18.0 Å². The molecule has 33 heavy (non-hydrogen) atoms. The number of benzene rings is 2. The number of hydrogen-bond donors (Lipinski definition) is 1. The molecule has 1 fully saturated rings. The number of hydrogen-bond acceptors (Lipinski definition) is 4. The number of carbonyl (C=O) groups is 2. The highest BCUT2D eigenvalue weighted by molar-refractivity contribution is 7.89. The van der Waals surface area contributed by atoms with E-state index < -0.39 is 16.1 Å². The number of carbonyl (C=O) groups excluding carboxylic acids is 2. The molecule has 0 radical (unpaired) electrons. The quantitative estimate of drug-likeness (QED) is 0.702. The standard InChI is InChI=1S/C25H33N3O4S/c1-18(2)23(26-24(29)21-8-5-7-20(4)17-21)25(30)27-13-6-14-28(16-15-27)33(31,32)22-11-9-19(3)10-12-22/h5,7-12,17-18,23H,6,13-16H2,1-4H3,(H,26,29). The highest BCUT2D eigenvalue weighted by Gasteiger charge is 2.32. The summed E-state index contributed by atoms with van der Waals surface area (Å²) in [5, 5.41) is 2.89. The zero-order chi connectivity index (χ0) is 24.2. The summed E-state index contributed by atoms with van der Waals surface area (Å²) in [6.07, 6.45) is 0.535. The van der Waals surface area contributed by atoms with E-state index in [4.69, 9.17) is 0 Å². The first-order chi connectivity index (χ1) is 15.6. The van der Waals surface area contributed by atoms with Crippen molar-refractivity contribution in [1.82, 2.24) is 14.5 Å². The molecule has 8 heteroatoms. The molecule has 1 unspecified atom stereocenters. The van der Waals surface area contributed by atoms with E-state index in [2.05, 4.69) is 5.32 Å². The van der Waals surface area contributed by atoms with Gasteiger partial charge in [0, 0.05) is 31.7 Å². The number of aryl methyl sites for hydroxylation is 2. The molecular formula is C25H33N3O4S. The van der Waals surface area contributed by atoms with Gasteiger partial charge < -0.3 is 10.2 Å². The van der Waals surface area contributed by atoms with Crippen LogP contribution in [0.25, 0.3) is 0 Å². The zero-order valence-corrected chi connectivity index (χ0v) is 20.6. The Kier molecular flexibility index (Phi) is 7.92. The van der Waals surface area contributed by atoms with Gasteiger partial charge in [0.2, 0.25) is 15.9 Å². The van der Waals surface area contributed by atoms with Crippen molar-refractivity contribution in [3.05, 3.63) is 65.2 Å². The molecule has 1 N–H and O–H groups in total. The number of rotatable bonds is 6. The lowest BCUT2D eigenvalue weighted by atomic mass is 10.0. The summed E-state index contributed by atoms with van der Waals surface area (Å²) in [5.41, 5.74) is 2.48. The summed E-state index contributed by atoms with van der Waals surface area (Å²) in [4.78, 5) is 28.0. The van der Waals surface area contributed by atoms with E-state index >= 15 is 0 Å². The van der Waals surface area contributed by atoms with E-state index in [9.17, 15) is 18.0 Å². The molecule has 0 bridgehead atoms. The Labute approximate surface area is 196 Å². The predicted molar refractivity (Wildman–Crippen MR) is 128 cm³/mol. The molecule has 0 saturated carbocycles. The van der Waals surface area contributed by atoms with Crippen LogP contribution < -0.4 is 5.32 Å². The fourth-order valence-corrected chi connectivity index (χ4v) is 5.40. The molecule has 3 rings (SSSR count). The first-order valence-corrected chi connectivity index (χ1v) is 12.8. The fraction of sp³-hybridized carbons (Fsp3) is 0.440. The fourth-order valence-electron chi connectivity index (χ4n) is 3.93. The van der Waals surface area contributed by atoms with Crippen molar-refractivity contribution in [2.45, 2.75) is 45.1 Å². The maximum absolute atomic E-state index is 13.3. The average molecular weight is 472 g/mol. The lowest BCUT2D eigenvalue weighted by molar-refractivity contribution is -0.134. The molecule has 7 nitrogen and oxygen atoms in total. The van der Waals surface area contributed by atoms with Crippen LogP contribution in [0.4, 0.5) is 0 Å². The molecule has 1 atom stereocenters. The number of nitrogens with one attached hydrogen (secondary N) is 1. The Morgan fingerprint density at radius 2 is 1.61 bits per heavy atom.